The number of nitrogens with one attached hydrogen (secondary N) is 3. The molecule has 5 rings (SSSR count). The largest absolute Gasteiger partial charge is 0.404 e. The lowest BCUT2D eigenvalue weighted by Gasteiger charge is -2.44. The molecule has 224 valence electrons. The second kappa shape index (κ2) is 12.1. The monoisotopic (exact) mass is 566 g/mol. The molecular weight excluding hydrogens is 520 g/mol. The lowest BCUT2D eigenvalue weighted by Crippen LogP contribution is -2.54. The lowest BCUT2D eigenvalue weighted by atomic mass is 9.66. The van der Waals surface area contributed by atoms with Crippen LogP contribution < -0.4 is 16.1 Å². The van der Waals surface area contributed by atoms with Crippen molar-refractivity contribution in [2.75, 3.05) is 6.54 Å². The molecule has 1 aromatic rings. The summed E-state index contributed by atoms with van der Waals surface area (Å²) in [5.74, 6) is -0.448. The predicted octanol–water partition coefficient (Wildman–Crippen LogP) is 5.91. The number of pyridine rings is 1. The summed E-state index contributed by atoms with van der Waals surface area (Å²) in [6.45, 7) is 4.78. The van der Waals surface area contributed by atoms with Gasteiger partial charge in [0.2, 0.25) is 5.91 Å². The summed E-state index contributed by atoms with van der Waals surface area (Å²) in [6.07, 6.45) is 3.95. The van der Waals surface area contributed by atoms with E-state index in [-0.39, 0.29) is 41.5 Å². The summed E-state index contributed by atoms with van der Waals surface area (Å²) in [5.41, 5.74) is 1.37. The lowest BCUT2D eigenvalue weighted by molar-refractivity contribution is -0.179. The van der Waals surface area contributed by atoms with Crippen molar-refractivity contribution in [1.29, 1.82) is 5.41 Å². The minimum Gasteiger partial charge on any atom is -0.353 e. The predicted molar refractivity (Wildman–Crippen MR) is 146 cm³/mol. The van der Waals surface area contributed by atoms with E-state index in [1.807, 2.05) is 30.7 Å². The van der Waals surface area contributed by atoms with Gasteiger partial charge in [0.1, 0.15) is 17.7 Å². The van der Waals surface area contributed by atoms with Gasteiger partial charge in [-0.3, -0.25) is 10.2 Å². The Morgan fingerprint density at radius 2 is 1.88 bits per heavy atom. The van der Waals surface area contributed by atoms with Gasteiger partial charge in [0.05, 0.1) is 0 Å². The third-order valence-electron chi connectivity index (χ3n) is 10.4. The molecule has 3 aliphatic carbocycles. The van der Waals surface area contributed by atoms with E-state index in [4.69, 9.17) is 5.41 Å². The Balaban J connectivity index is 1.35. The molecule has 3 N–H and O–H groups in total. The van der Waals surface area contributed by atoms with Crippen molar-refractivity contribution in [1.82, 2.24) is 15.2 Å². The molecule has 2 heterocycles. The van der Waals surface area contributed by atoms with Crippen LogP contribution in [0.2, 0.25) is 0 Å². The van der Waals surface area contributed by atoms with Crippen LogP contribution in [0.4, 0.5) is 17.6 Å². The highest BCUT2D eigenvalue weighted by atomic mass is 19.4. The molecule has 0 radical (unpaired) electrons. The Labute approximate surface area is 235 Å². The highest BCUT2D eigenvalue weighted by Gasteiger charge is 2.50. The third kappa shape index (κ3) is 6.93. The molecule has 40 heavy (non-hydrogen) atoms. The minimum absolute atomic E-state index is 0.0101. The number of halogens is 4. The van der Waals surface area contributed by atoms with Crippen LogP contribution in [0.5, 0.6) is 0 Å². The molecule has 0 aromatic carbocycles. The first-order chi connectivity index (χ1) is 19.0. The maximum Gasteiger partial charge on any atom is 0.404 e. The van der Waals surface area contributed by atoms with Gasteiger partial charge in [0.25, 0.3) is 0 Å². The smallest absolute Gasteiger partial charge is 0.353 e. The highest BCUT2D eigenvalue weighted by Crippen LogP contribution is 2.46. The van der Waals surface area contributed by atoms with Crippen molar-refractivity contribution in [2.24, 2.45) is 41.4 Å². The van der Waals surface area contributed by atoms with Gasteiger partial charge >= 0.3 is 6.18 Å². The van der Waals surface area contributed by atoms with E-state index in [1.165, 1.54) is 0 Å². The summed E-state index contributed by atoms with van der Waals surface area (Å²) in [7, 11) is 0. The molecule has 3 saturated carbocycles. The molecule has 9 atom stereocenters. The molecule has 1 aromatic heterocycles. The average molecular weight is 567 g/mol. The number of aryl methyl sites for hydroxylation is 1. The maximum absolute atomic E-state index is 14.2. The summed E-state index contributed by atoms with van der Waals surface area (Å²) in [6, 6.07) is 2.24. The van der Waals surface area contributed by atoms with E-state index in [0.717, 1.165) is 31.2 Å². The standard InChI is InChI=1S/C31H46F4N4O/c1-18-9-11-39(27(36)12-18)17-20-14-23(25-4-3-10-37-29(25)31(33,34)35)16-24(15-20)30(40)38-28(21-5-6-21)22-7-8-26(32)19(2)13-22/h9,11-12,19-26,28-29,36-37H,3-8,10,13-17H2,1-2H3,(H,38,40)/t19?,20?,22?,23?,24?,25?,26?,28-,29?/m0/s1. The van der Waals surface area contributed by atoms with Crippen molar-refractivity contribution >= 4 is 5.91 Å². The Hall–Kier alpha value is -1.90. The van der Waals surface area contributed by atoms with Crippen molar-refractivity contribution in [2.45, 2.75) is 109 Å². The number of carbonyl (C=O) groups excluding carboxylic acids is 1. The fraction of sp³-hybridized carbons (Fsp3) is 0.806. The molecule has 0 spiro atoms. The molecule has 0 bridgehead atoms. The molecule has 1 saturated heterocycles. The molecule has 1 aliphatic heterocycles. The number of piperidine rings is 1. The van der Waals surface area contributed by atoms with Gasteiger partial charge in [-0.1, -0.05) is 6.92 Å². The number of carbonyl (C=O) groups is 1. The second-order valence-electron chi connectivity index (χ2n) is 13.5. The number of alkyl halides is 4. The molecule has 5 nitrogen and oxygen atoms in total. The van der Waals surface area contributed by atoms with Crippen molar-refractivity contribution < 1.29 is 22.4 Å². The highest BCUT2D eigenvalue weighted by molar-refractivity contribution is 5.79. The Morgan fingerprint density at radius 3 is 2.55 bits per heavy atom. The number of amides is 1. The summed E-state index contributed by atoms with van der Waals surface area (Å²) >= 11 is 0. The van der Waals surface area contributed by atoms with Gasteiger partial charge in [0, 0.05) is 24.7 Å². The fourth-order valence-electron chi connectivity index (χ4n) is 8.13. The van der Waals surface area contributed by atoms with Gasteiger partial charge < -0.3 is 15.2 Å². The first kappa shape index (κ1) is 29.6. The summed E-state index contributed by atoms with van der Waals surface area (Å²) < 4.78 is 58.3. The van der Waals surface area contributed by atoms with Gasteiger partial charge in [-0.25, -0.2) is 4.39 Å². The van der Waals surface area contributed by atoms with Crippen LogP contribution in [0, 0.1) is 53.8 Å². The fourth-order valence-corrected chi connectivity index (χ4v) is 8.13. The SMILES string of the molecule is Cc1ccn(CC2CC(C(=O)N[C@@H](C3CC3)C3CCC(F)C(C)C3)CC(C3CCCNC3C(F)(F)F)C2)c(=N)c1. The normalized spacial score (nSPS) is 36.1. The second-order valence-corrected chi connectivity index (χ2v) is 13.5. The third-order valence-corrected chi connectivity index (χ3v) is 10.4. The number of rotatable bonds is 7. The molecular formula is C31H46F4N4O. The zero-order chi connectivity index (χ0) is 28.6. The Kier molecular flexibility index (Phi) is 8.98. The molecule has 1 amide bonds. The van der Waals surface area contributed by atoms with Crippen molar-refractivity contribution in [3.63, 3.8) is 0 Å². The van der Waals surface area contributed by atoms with Crippen molar-refractivity contribution in [3.8, 4) is 0 Å². The Bertz CT molecular complexity index is 1090. The molecule has 9 heteroatoms. The maximum atomic E-state index is 14.2. The zero-order valence-corrected chi connectivity index (χ0v) is 23.9. The van der Waals surface area contributed by atoms with Crippen LogP contribution >= 0.6 is 0 Å². The zero-order valence-electron chi connectivity index (χ0n) is 23.9. The quantitative estimate of drug-likeness (QED) is 0.359. The first-order valence-corrected chi connectivity index (χ1v) is 15.5. The topological polar surface area (TPSA) is 69.9 Å². The molecule has 8 unspecified atom stereocenters. The van der Waals surface area contributed by atoms with Crippen molar-refractivity contribution in [3.05, 3.63) is 29.4 Å². The number of nitrogens with zero attached hydrogens (tertiary/aromatic N) is 1. The Morgan fingerprint density at radius 1 is 1.12 bits per heavy atom. The average Bonchev–Trinajstić information content (AvgIpc) is 3.75. The van der Waals surface area contributed by atoms with E-state index in [2.05, 4.69) is 10.6 Å². The van der Waals surface area contributed by atoms with E-state index < -0.39 is 24.3 Å². The van der Waals surface area contributed by atoms with Crippen LogP contribution in [-0.2, 0) is 11.3 Å². The van der Waals surface area contributed by atoms with Crippen LogP contribution in [0.3, 0.4) is 0 Å². The van der Waals surface area contributed by atoms with E-state index in [0.29, 0.717) is 63.0 Å². The number of hydrogen-bond acceptors (Lipinski definition) is 3. The van der Waals surface area contributed by atoms with Crippen LogP contribution in [0.25, 0.3) is 0 Å². The van der Waals surface area contributed by atoms with E-state index in [1.54, 1.807) is 6.07 Å². The first-order valence-electron chi connectivity index (χ1n) is 15.5. The van der Waals surface area contributed by atoms with Gasteiger partial charge in [-0.2, -0.15) is 13.2 Å². The van der Waals surface area contributed by atoms with E-state index >= 15 is 0 Å². The van der Waals surface area contributed by atoms with Crippen LogP contribution in [0.1, 0.15) is 76.7 Å². The van der Waals surface area contributed by atoms with E-state index in [9.17, 15) is 22.4 Å². The summed E-state index contributed by atoms with van der Waals surface area (Å²) in [4.78, 5) is 13.9. The van der Waals surface area contributed by atoms with Crippen LogP contribution in [0.15, 0.2) is 18.3 Å². The summed E-state index contributed by atoms with van der Waals surface area (Å²) in [5, 5.41) is 14.5. The van der Waals surface area contributed by atoms with Gasteiger partial charge in [0.15, 0.2) is 0 Å². The molecule has 4 aliphatic rings. The number of hydrogen-bond donors (Lipinski definition) is 3. The number of aromatic nitrogens is 1. The molecule has 4 fully saturated rings. The van der Waals surface area contributed by atoms with Gasteiger partial charge in [-0.05, 0) is 131 Å². The van der Waals surface area contributed by atoms with Crippen LogP contribution in [-0.4, -0.2) is 41.5 Å². The van der Waals surface area contributed by atoms with Gasteiger partial charge in [-0.15, -0.1) is 0 Å². The minimum atomic E-state index is -4.32.